The quantitative estimate of drug-likeness (QED) is 0.644. The Bertz CT molecular complexity index is 718. The van der Waals surface area contributed by atoms with E-state index in [4.69, 9.17) is 9.47 Å². The van der Waals surface area contributed by atoms with Gasteiger partial charge in [0.15, 0.2) is 18.1 Å². The lowest BCUT2D eigenvalue weighted by Gasteiger charge is -2.20. The third-order valence-corrected chi connectivity index (χ3v) is 3.51. The Kier molecular flexibility index (Phi) is 9.05. The molecule has 0 aliphatic heterocycles. The molecule has 0 spiro atoms. The van der Waals surface area contributed by atoms with Crippen LogP contribution in [0.5, 0.6) is 11.5 Å². The molecule has 0 radical (unpaired) electrons. The summed E-state index contributed by atoms with van der Waals surface area (Å²) in [5.41, 5.74) is 1.97. The molecule has 2 rings (SSSR count). The average molecular weight is 393 g/mol. The number of nitrogens with one attached hydrogen (secondary N) is 2. The number of benzene rings is 1. The van der Waals surface area contributed by atoms with Crippen molar-refractivity contribution in [3.63, 3.8) is 0 Å². The summed E-state index contributed by atoms with van der Waals surface area (Å²) < 4.78 is 11.0. The number of rotatable bonds is 8. The Balaban J connectivity index is 0.00000364. The summed E-state index contributed by atoms with van der Waals surface area (Å²) in [5, 5.41) is 6.24. The van der Waals surface area contributed by atoms with Gasteiger partial charge in [0.1, 0.15) is 0 Å². The average Bonchev–Trinajstić information content (AvgIpc) is 2.60. The number of pyridine rings is 1. The van der Waals surface area contributed by atoms with Crippen LogP contribution in [0, 0.1) is 0 Å². The fourth-order valence-electron chi connectivity index (χ4n) is 2.39. The van der Waals surface area contributed by atoms with Gasteiger partial charge >= 0.3 is 0 Å². The largest absolute Gasteiger partial charge is 1.00 e. The fourth-order valence-corrected chi connectivity index (χ4v) is 2.39. The van der Waals surface area contributed by atoms with Gasteiger partial charge in [-0.1, -0.05) is 6.07 Å². The van der Waals surface area contributed by atoms with Crippen molar-refractivity contribution in [1.82, 2.24) is 15.6 Å². The minimum atomic E-state index is -0.283. The second kappa shape index (κ2) is 10.7. The van der Waals surface area contributed by atoms with Crippen molar-refractivity contribution in [1.29, 1.82) is 0 Å². The summed E-state index contributed by atoms with van der Waals surface area (Å²) in [6.07, 6.45) is 3.56. The molecule has 0 unspecified atom stereocenters. The van der Waals surface area contributed by atoms with Crippen molar-refractivity contribution in [2.75, 3.05) is 13.7 Å². The van der Waals surface area contributed by atoms with Gasteiger partial charge in [-0.3, -0.25) is 9.78 Å². The summed E-state index contributed by atoms with van der Waals surface area (Å²) in [6, 6.07) is 9.66. The number of amides is 1. The zero-order valence-electron chi connectivity index (χ0n) is 16.2. The number of aromatic nitrogens is 1. The minimum Gasteiger partial charge on any atom is -1.00 e. The van der Waals surface area contributed by atoms with E-state index in [2.05, 4.69) is 15.6 Å². The molecular weight excluding hydrogens is 366 g/mol. The monoisotopic (exact) mass is 392 g/mol. The molecule has 0 fully saturated rings. The first-order chi connectivity index (χ1) is 12.4. The van der Waals surface area contributed by atoms with Crippen LogP contribution in [0.15, 0.2) is 42.7 Å². The third-order valence-electron chi connectivity index (χ3n) is 3.51. The summed E-state index contributed by atoms with van der Waals surface area (Å²) in [5.74, 6) is 0.994. The molecule has 1 aromatic carbocycles. The van der Waals surface area contributed by atoms with E-state index in [1.54, 1.807) is 19.5 Å². The molecule has 7 heteroatoms. The van der Waals surface area contributed by atoms with E-state index in [0.29, 0.717) is 18.0 Å². The van der Waals surface area contributed by atoms with Crippen molar-refractivity contribution >= 4 is 5.91 Å². The SMILES string of the molecule is COc1cc(CNCc2ccncc2)ccc1OCC(=O)NC(C)(C)C.[Cl-]. The maximum absolute atomic E-state index is 11.9. The molecule has 1 heterocycles. The van der Waals surface area contributed by atoms with Crippen molar-refractivity contribution < 1.29 is 26.7 Å². The number of hydrogen-bond donors (Lipinski definition) is 2. The van der Waals surface area contributed by atoms with Crippen molar-refractivity contribution in [3.8, 4) is 11.5 Å². The van der Waals surface area contributed by atoms with Crippen LogP contribution in [-0.2, 0) is 17.9 Å². The van der Waals surface area contributed by atoms with Crippen LogP contribution in [0.25, 0.3) is 0 Å². The van der Waals surface area contributed by atoms with Crippen LogP contribution in [0.4, 0.5) is 0 Å². The highest BCUT2D eigenvalue weighted by atomic mass is 35.5. The maximum Gasteiger partial charge on any atom is 0.258 e. The molecule has 0 aliphatic rings. The summed E-state index contributed by atoms with van der Waals surface area (Å²) in [6.45, 7) is 7.20. The van der Waals surface area contributed by atoms with Gasteiger partial charge in [0.2, 0.25) is 0 Å². The Morgan fingerprint density at radius 1 is 1.04 bits per heavy atom. The smallest absolute Gasteiger partial charge is 0.258 e. The van der Waals surface area contributed by atoms with E-state index in [-0.39, 0.29) is 30.5 Å². The molecule has 27 heavy (non-hydrogen) atoms. The van der Waals surface area contributed by atoms with Crippen LogP contribution >= 0.6 is 0 Å². The van der Waals surface area contributed by atoms with Gasteiger partial charge in [0.05, 0.1) is 7.11 Å². The summed E-state index contributed by atoms with van der Waals surface area (Å²) in [4.78, 5) is 15.9. The van der Waals surface area contributed by atoms with E-state index in [9.17, 15) is 4.79 Å². The van der Waals surface area contributed by atoms with Gasteiger partial charge in [-0.25, -0.2) is 0 Å². The van der Waals surface area contributed by atoms with Crippen molar-refractivity contribution in [2.45, 2.75) is 39.4 Å². The van der Waals surface area contributed by atoms with Gasteiger partial charge < -0.3 is 32.5 Å². The predicted octanol–water partition coefficient (Wildman–Crippen LogP) is -0.322. The molecule has 0 aliphatic carbocycles. The first kappa shape index (κ1) is 22.7. The molecule has 6 nitrogen and oxygen atoms in total. The third kappa shape index (κ3) is 8.28. The lowest BCUT2D eigenvalue weighted by molar-refractivity contribution is -0.124. The molecule has 1 aromatic heterocycles. The lowest BCUT2D eigenvalue weighted by Crippen LogP contribution is -3.00. The molecule has 0 saturated carbocycles. The Morgan fingerprint density at radius 2 is 1.70 bits per heavy atom. The van der Waals surface area contributed by atoms with Crippen LogP contribution in [0.2, 0.25) is 0 Å². The van der Waals surface area contributed by atoms with E-state index in [0.717, 1.165) is 12.1 Å². The Hall–Kier alpha value is -2.31. The van der Waals surface area contributed by atoms with Crippen LogP contribution in [-0.4, -0.2) is 30.1 Å². The number of carbonyl (C=O) groups excluding carboxylic acids is 1. The van der Waals surface area contributed by atoms with Crippen LogP contribution in [0.3, 0.4) is 0 Å². The number of ether oxygens (including phenoxy) is 2. The number of halogens is 1. The first-order valence-corrected chi connectivity index (χ1v) is 8.58. The highest BCUT2D eigenvalue weighted by Crippen LogP contribution is 2.28. The standard InChI is InChI=1S/C20H27N3O3.ClH/c1-20(2,3)23-19(24)14-26-17-6-5-16(11-18(17)25-4)13-22-12-15-7-9-21-10-8-15;/h5-11,22H,12-14H2,1-4H3,(H,23,24);1H/p-1. The van der Waals surface area contributed by atoms with E-state index in [1.165, 1.54) is 5.56 Å². The second-order valence-corrected chi connectivity index (χ2v) is 7.03. The molecule has 0 bridgehead atoms. The van der Waals surface area contributed by atoms with Gasteiger partial charge in [-0.2, -0.15) is 0 Å². The zero-order chi connectivity index (χ0) is 19.0. The van der Waals surface area contributed by atoms with Crippen molar-refractivity contribution in [2.24, 2.45) is 0 Å². The predicted molar refractivity (Wildman–Crippen MR) is 101 cm³/mol. The van der Waals surface area contributed by atoms with Gasteiger partial charge in [0.25, 0.3) is 5.91 Å². The first-order valence-electron chi connectivity index (χ1n) is 8.58. The molecule has 0 saturated heterocycles. The zero-order valence-corrected chi connectivity index (χ0v) is 17.0. The highest BCUT2D eigenvalue weighted by Gasteiger charge is 2.15. The molecule has 0 atom stereocenters. The topological polar surface area (TPSA) is 72.5 Å². The normalized spacial score (nSPS) is 10.7. The molecule has 2 aromatic rings. The van der Waals surface area contributed by atoms with Gasteiger partial charge in [-0.05, 0) is 56.2 Å². The number of carbonyl (C=O) groups is 1. The number of methoxy groups -OCH3 is 1. The van der Waals surface area contributed by atoms with Gasteiger partial charge in [0, 0.05) is 31.0 Å². The van der Waals surface area contributed by atoms with E-state index < -0.39 is 0 Å². The van der Waals surface area contributed by atoms with Crippen LogP contribution in [0.1, 0.15) is 31.9 Å². The number of nitrogens with zero attached hydrogens (tertiary/aromatic N) is 1. The Morgan fingerprint density at radius 3 is 2.33 bits per heavy atom. The van der Waals surface area contributed by atoms with Gasteiger partial charge in [-0.15, -0.1) is 0 Å². The molecule has 2 N–H and O–H groups in total. The summed E-state index contributed by atoms with van der Waals surface area (Å²) in [7, 11) is 1.59. The number of hydrogen-bond acceptors (Lipinski definition) is 5. The second-order valence-electron chi connectivity index (χ2n) is 7.03. The summed E-state index contributed by atoms with van der Waals surface area (Å²) >= 11 is 0. The fraction of sp³-hybridized carbons (Fsp3) is 0.400. The van der Waals surface area contributed by atoms with Crippen LogP contribution < -0.4 is 32.5 Å². The molecular formula is C20H27ClN3O3-. The molecule has 1 amide bonds. The highest BCUT2D eigenvalue weighted by molar-refractivity contribution is 5.78. The van der Waals surface area contributed by atoms with Crippen molar-refractivity contribution in [3.05, 3.63) is 53.9 Å². The van der Waals surface area contributed by atoms with E-state index >= 15 is 0 Å². The molecule has 148 valence electrons. The minimum absolute atomic E-state index is 0. The Labute approximate surface area is 167 Å². The lowest BCUT2D eigenvalue weighted by atomic mass is 10.1. The van der Waals surface area contributed by atoms with E-state index in [1.807, 2.05) is 51.1 Å². The maximum atomic E-state index is 11.9.